The van der Waals surface area contributed by atoms with Gasteiger partial charge in [0.2, 0.25) is 0 Å². The number of carbonyl (C=O) groups excluding carboxylic acids is 1. The fourth-order valence-corrected chi connectivity index (χ4v) is 2.23. The summed E-state index contributed by atoms with van der Waals surface area (Å²) in [4.78, 5) is 11.9. The molecule has 1 amide bonds. The molecule has 0 aliphatic heterocycles. The quantitative estimate of drug-likeness (QED) is 0.640. The third kappa shape index (κ3) is 5.22. The molecule has 0 radical (unpaired) electrons. The van der Waals surface area contributed by atoms with Crippen LogP contribution in [0.5, 0.6) is 5.75 Å². The number of ether oxygens (including phenoxy) is 1. The maximum absolute atomic E-state index is 11.9. The minimum Gasteiger partial charge on any atom is -0.489 e. The summed E-state index contributed by atoms with van der Waals surface area (Å²) in [5, 5.41) is 20.9. The maximum atomic E-state index is 11.9. The Morgan fingerprint density at radius 1 is 1.15 bits per heavy atom. The number of benzene rings is 2. The average Bonchev–Trinajstić information content (AvgIpc) is 2.65. The molecule has 0 aliphatic rings. The van der Waals surface area contributed by atoms with Crippen molar-refractivity contribution in [1.82, 2.24) is 5.32 Å². The number of nitrogens with zero attached hydrogens (tertiary/aromatic N) is 2. The Hall–Kier alpha value is -3.57. The van der Waals surface area contributed by atoms with Gasteiger partial charge >= 0.3 is 0 Å². The normalized spacial score (nSPS) is 10.7. The molecule has 2 aromatic rings. The molecule has 130 valence electrons. The van der Waals surface area contributed by atoms with E-state index in [4.69, 9.17) is 15.3 Å². The van der Waals surface area contributed by atoms with Crippen LogP contribution in [0.15, 0.2) is 54.1 Å². The Labute approximate surface area is 153 Å². The lowest BCUT2D eigenvalue weighted by Crippen LogP contribution is -2.30. The van der Waals surface area contributed by atoms with E-state index in [0.29, 0.717) is 17.9 Å². The van der Waals surface area contributed by atoms with Gasteiger partial charge in [0.1, 0.15) is 24.0 Å². The second-order valence-electron chi connectivity index (χ2n) is 5.92. The lowest BCUT2D eigenvalue weighted by Gasteiger charge is -2.08. The summed E-state index contributed by atoms with van der Waals surface area (Å²) in [7, 11) is 0. The summed E-state index contributed by atoms with van der Waals surface area (Å²) in [6.45, 7) is 3.96. The van der Waals surface area contributed by atoms with Gasteiger partial charge in [-0.3, -0.25) is 4.79 Å². The van der Waals surface area contributed by atoms with Crippen molar-refractivity contribution in [3.05, 3.63) is 70.8 Å². The molecule has 2 rings (SSSR count). The molecular weight excluding hydrogens is 326 g/mol. The van der Waals surface area contributed by atoms with Crippen LogP contribution in [0, 0.1) is 22.7 Å². The van der Waals surface area contributed by atoms with Gasteiger partial charge < -0.3 is 10.1 Å². The smallest absolute Gasteiger partial charge is 0.262 e. The molecule has 5 heteroatoms. The van der Waals surface area contributed by atoms with Crippen molar-refractivity contribution in [3.63, 3.8) is 0 Å². The highest BCUT2D eigenvalue weighted by Crippen LogP contribution is 2.17. The fraction of sp³-hybridized carbons (Fsp3) is 0.190. The third-order valence-electron chi connectivity index (χ3n) is 3.51. The number of carbonyl (C=O) groups is 1. The lowest BCUT2D eigenvalue weighted by molar-refractivity contribution is -0.117. The van der Waals surface area contributed by atoms with Crippen molar-refractivity contribution >= 4 is 12.0 Å². The second-order valence-corrected chi connectivity index (χ2v) is 5.92. The first-order valence-corrected chi connectivity index (χ1v) is 8.17. The molecule has 2 aromatic carbocycles. The Morgan fingerprint density at radius 3 is 2.46 bits per heavy atom. The van der Waals surface area contributed by atoms with Crippen LogP contribution >= 0.6 is 0 Å². The van der Waals surface area contributed by atoms with Gasteiger partial charge in [-0.25, -0.2) is 0 Å². The molecule has 1 N–H and O–H groups in total. The highest BCUT2D eigenvalue weighted by Gasteiger charge is 2.10. The largest absolute Gasteiger partial charge is 0.489 e. The van der Waals surface area contributed by atoms with Crippen molar-refractivity contribution in [1.29, 1.82) is 10.5 Å². The van der Waals surface area contributed by atoms with Crippen LogP contribution in [0.25, 0.3) is 6.08 Å². The van der Waals surface area contributed by atoms with Crippen molar-refractivity contribution in [2.75, 3.05) is 0 Å². The summed E-state index contributed by atoms with van der Waals surface area (Å²) in [6, 6.07) is 18.3. The van der Waals surface area contributed by atoms with E-state index in [1.54, 1.807) is 30.3 Å². The van der Waals surface area contributed by atoms with E-state index < -0.39 is 5.91 Å². The Balaban J connectivity index is 2.06. The van der Waals surface area contributed by atoms with Crippen LogP contribution in [0.1, 0.15) is 30.5 Å². The first-order chi connectivity index (χ1) is 12.5. The number of hydrogen-bond donors (Lipinski definition) is 1. The topological polar surface area (TPSA) is 85.9 Å². The predicted molar refractivity (Wildman–Crippen MR) is 98.8 cm³/mol. The van der Waals surface area contributed by atoms with Gasteiger partial charge in [0, 0.05) is 11.6 Å². The monoisotopic (exact) mass is 345 g/mol. The van der Waals surface area contributed by atoms with Gasteiger partial charge in [0.15, 0.2) is 0 Å². The molecule has 0 unspecified atom stereocenters. The van der Waals surface area contributed by atoms with Crippen molar-refractivity contribution in [2.45, 2.75) is 26.5 Å². The van der Waals surface area contributed by atoms with Gasteiger partial charge in [0.25, 0.3) is 5.91 Å². The molecule has 0 fully saturated rings. The summed E-state index contributed by atoms with van der Waals surface area (Å²) >= 11 is 0. The number of nitrogens with one attached hydrogen (secondary N) is 1. The molecule has 5 nitrogen and oxygen atoms in total. The molecule has 0 saturated heterocycles. The van der Waals surface area contributed by atoms with Crippen molar-refractivity contribution in [2.24, 2.45) is 0 Å². The zero-order valence-corrected chi connectivity index (χ0v) is 14.7. The highest BCUT2D eigenvalue weighted by atomic mass is 16.5. The zero-order chi connectivity index (χ0) is 18.9. The van der Waals surface area contributed by atoms with E-state index in [1.165, 1.54) is 6.08 Å². The first kappa shape index (κ1) is 18.8. The number of rotatable bonds is 6. The minimum atomic E-state index is -0.393. The molecule has 0 aliphatic carbocycles. The summed E-state index contributed by atoms with van der Waals surface area (Å²) < 4.78 is 5.70. The third-order valence-corrected chi connectivity index (χ3v) is 3.51. The maximum Gasteiger partial charge on any atom is 0.262 e. The summed E-state index contributed by atoms with van der Waals surface area (Å²) in [5.74, 6) is 0.246. The van der Waals surface area contributed by atoms with Crippen molar-refractivity contribution in [3.8, 4) is 17.9 Å². The van der Waals surface area contributed by atoms with E-state index in [1.807, 2.05) is 38.1 Å². The van der Waals surface area contributed by atoms with Crippen molar-refractivity contribution < 1.29 is 9.53 Å². The summed E-state index contributed by atoms with van der Waals surface area (Å²) in [5.41, 5.74) is 2.18. The van der Waals surface area contributed by atoms with E-state index >= 15 is 0 Å². The van der Waals surface area contributed by atoms with Crippen LogP contribution in [0.2, 0.25) is 0 Å². The highest BCUT2D eigenvalue weighted by molar-refractivity contribution is 6.01. The second kappa shape index (κ2) is 9.05. The van der Waals surface area contributed by atoms with E-state index in [0.717, 1.165) is 11.1 Å². The standard InChI is InChI=1S/C21H19N3O2/c1-15(2)24-21(25)19(13-23)11-16-7-9-20(10-8-16)26-14-18-6-4-3-5-17(18)12-22/h3-11,15H,14H2,1-2H3,(H,24,25)/b19-11+. The minimum absolute atomic E-state index is 0.0358. The average molecular weight is 345 g/mol. The number of nitriles is 2. The molecule has 0 saturated carbocycles. The number of amides is 1. The molecule has 26 heavy (non-hydrogen) atoms. The summed E-state index contributed by atoms with van der Waals surface area (Å²) in [6.07, 6.45) is 1.53. The van der Waals surface area contributed by atoms with Gasteiger partial charge in [-0.2, -0.15) is 10.5 Å². The molecule has 0 aromatic heterocycles. The van der Waals surface area contributed by atoms with Crippen LogP contribution < -0.4 is 10.1 Å². The molecule has 0 spiro atoms. The first-order valence-electron chi connectivity index (χ1n) is 8.17. The lowest BCUT2D eigenvalue weighted by atomic mass is 10.1. The van der Waals surface area contributed by atoms with E-state index in [-0.39, 0.29) is 11.6 Å². The zero-order valence-electron chi connectivity index (χ0n) is 14.7. The van der Waals surface area contributed by atoms with Crippen LogP contribution in [-0.2, 0) is 11.4 Å². The van der Waals surface area contributed by atoms with E-state index in [2.05, 4.69) is 11.4 Å². The van der Waals surface area contributed by atoms with Gasteiger partial charge in [-0.05, 0) is 43.7 Å². The Bertz CT molecular complexity index is 885. The molecule has 0 bridgehead atoms. The van der Waals surface area contributed by atoms with Crippen LogP contribution in [0.3, 0.4) is 0 Å². The van der Waals surface area contributed by atoms with Gasteiger partial charge in [-0.15, -0.1) is 0 Å². The Kier molecular flexibility index (Phi) is 6.53. The fourth-order valence-electron chi connectivity index (χ4n) is 2.23. The number of hydrogen-bond acceptors (Lipinski definition) is 4. The molecule has 0 atom stereocenters. The predicted octanol–water partition coefficient (Wildman–Crippen LogP) is 3.57. The molecular formula is C21H19N3O2. The van der Waals surface area contributed by atoms with Gasteiger partial charge in [0.05, 0.1) is 11.6 Å². The Morgan fingerprint density at radius 2 is 1.85 bits per heavy atom. The molecule has 0 heterocycles. The van der Waals surface area contributed by atoms with Crippen LogP contribution in [-0.4, -0.2) is 11.9 Å². The van der Waals surface area contributed by atoms with Crippen LogP contribution in [0.4, 0.5) is 0 Å². The van der Waals surface area contributed by atoms with E-state index in [9.17, 15) is 4.79 Å². The SMILES string of the molecule is CC(C)NC(=O)/C(C#N)=C/c1ccc(OCc2ccccc2C#N)cc1. The van der Waals surface area contributed by atoms with Gasteiger partial charge in [-0.1, -0.05) is 30.3 Å².